The van der Waals surface area contributed by atoms with Gasteiger partial charge in [0.1, 0.15) is 5.02 Å². The van der Waals surface area contributed by atoms with Crippen LogP contribution < -0.4 is 10.9 Å². The van der Waals surface area contributed by atoms with Crippen molar-refractivity contribution in [3.8, 4) is 0 Å². The molecule has 2 saturated heterocycles. The summed E-state index contributed by atoms with van der Waals surface area (Å²) < 4.78 is 9.35. The number of hydrogen-bond acceptors (Lipinski definition) is 7. The minimum absolute atomic E-state index is 0.00168. The number of benzene rings is 1. The van der Waals surface area contributed by atoms with Crippen LogP contribution in [0, 0.1) is 5.92 Å². The van der Waals surface area contributed by atoms with E-state index < -0.39 is 0 Å². The van der Waals surface area contributed by atoms with Gasteiger partial charge in [-0.25, -0.2) is 8.99 Å². The molecule has 0 bridgehead atoms. The summed E-state index contributed by atoms with van der Waals surface area (Å²) in [6.07, 6.45) is 5.49. The van der Waals surface area contributed by atoms with E-state index in [1.54, 1.807) is 41.8 Å². The Kier molecular flexibility index (Phi) is 8.52. The molecule has 4 rings (SSSR count). The molecule has 3 heterocycles. The van der Waals surface area contributed by atoms with Crippen molar-refractivity contribution in [1.29, 1.82) is 0 Å². The predicted molar refractivity (Wildman–Crippen MR) is 136 cm³/mol. The van der Waals surface area contributed by atoms with Crippen LogP contribution in [0.25, 0.3) is 0 Å². The molecule has 0 aliphatic carbocycles. The van der Waals surface area contributed by atoms with Gasteiger partial charge in [0.15, 0.2) is 0 Å². The zero-order chi connectivity index (χ0) is 24.1. The van der Waals surface area contributed by atoms with Gasteiger partial charge >= 0.3 is 0 Å². The maximum absolute atomic E-state index is 12.9. The molecule has 2 aliphatic heterocycles. The smallest absolute Gasteiger partial charge is 0.287 e. The van der Waals surface area contributed by atoms with Gasteiger partial charge in [-0.05, 0) is 67.8 Å². The molecule has 0 unspecified atom stereocenters. The average Bonchev–Trinajstić information content (AvgIpc) is 2.86. The monoisotopic (exact) mass is 505 g/mol. The second-order valence-electron chi connectivity index (χ2n) is 9.06. The standard InChI is InChI=1S/C24H32ClN5O3S/c1-28(2)23(31)18-5-7-20(8-6-18)34-29-11-9-19(10-12-29)30-24(32)22(25)21(15-27-30)26-14-17-4-3-13-33-16-17/h5-8,15,17,19,26H,3-4,9-14,16H2,1-2H3/t17-/m0/s1. The van der Waals surface area contributed by atoms with Crippen molar-refractivity contribution in [2.45, 2.75) is 36.6 Å². The SMILES string of the molecule is CN(C)C(=O)c1ccc(SN2CCC(n3ncc(NC[C@@H]4CCCOC4)c(Cl)c3=O)CC2)cc1. The minimum atomic E-state index is -0.237. The van der Waals surface area contributed by atoms with Gasteiger partial charge in [0.25, 0.3) is 11.5 Å². The van der Waals surface area contributed by atoms with Crippen LogP contribution in [-0.2, 0) is 4.74 Å². The fourth-order valence-corrected chi connectivity index (χ4v) is 5.45. The lowest BCUT2D eigenvalue weighted by molar-refractivity contribution is 0.0595. The molecule has 1 amide bonds. The molecule has 8 nitrogen and oxygen atoms in total. The third-order valence-corrected chi connectivity index (χ3v) is 7.76. The summed E-state index contributed by atoms with van der Waals surface area (Å²) in [6.45, 7) is 3.97. The van der Waals surface area contributed by atoms with Crippen molar-refractivity contribution >= 4 is 35.1 Å². The first-order chi connectivity index (χ1) is 16.4. The molecule has 2 aromatic rings. The highest BCUT2D eigenvalue weighted by Gasteiger charge is 2.24. The Morgan fingerprint density at radius 1 is 1.24 bits per heavy atom. The molecule has 0 radical (unpaired) electrons. The van der Waals surface area contributed by atoms with Crippen LogP contribution in [0.3, 0.4) is 0 Å². The van der Waals surface area contributed by atoms with Crippen molar-refractivity contribution in [3.05, 3.63) is 51.4 Å². The van der Waals surface area contributed by atoms with Gasteiger partial charge < -0.3 is 15.0 Å². The molecular formula is C24H32ClN5O3S. The Labute approximate surface area is 209 Å². The molecule has 0 spiro atoms. The van der Waals surface area contributed by atoms with E-state index in [9.17, 15) is 9.59 Å². The van der Waals surface area contributed by atoms with Gasteiger partial charge in [-0.1, -0.05) is 11.6 Å². The van der Waals surface area contributed by atoms with E-state index in [1.165, 1.54) is 0 Å². The zero-order valence-electron chi connectivity index (χ0n) is 19.7. The number of amides is 1. The molecular weight excluding hydrogens is 474 g/mol. The van der Waals surface area contributed by atoms with Gasteiger partial charge in [0, 0.05) is 50.8 Å². The highest BCUT2D eigenvalue weighted by molar-refractivity contribution is 7.97. The van der Waals surface area contributed by atoms with E-state index in [4.69, 9.17) is 16.3 Å². The number of piperidine rings is 1. The van der Waals surface area contributed by atoms with Gasteiger partial charge in [-0.2, -0.15) is 5.10 Å². The summed E-state index contributed by atoms with van der Waals surface area (Å²) in [5, 5.41) is 7.93. The number of halogens is 1. The third kappa shape index (κ3) is 6.13. The molecule has 2 aliphatic rings. The lowest BCUT2D eigenvalue weighted by Gasteiger charge is -2.31. The molecule has 184 valence electrons. The van der Waals surface area contributed by atoms with Crippen LogP contribution in [0.4, 0.5) is 5.69 Å². The molecule has 10 heteroatoms. The predicted octanol–water partition coefficient (Wildman–Crippen LogP) is 3.78. The number of anilines is 1. The first-order valence-electron chi connectivity index (χ1n) is 11.8. The van der Waals surface area contributed by atoms with E-state index in [2.05, 4.69) is 14.7 Å². The molecule has 1 atom stereocenters. The van der Waals surface area contributed by atoms with E-state index in [1.807, 2.05) is 24.3 Å². The van der Waals surface area contributed by atoms with Gasteiger partial charge in [-0.3, -0.25) is 9.59 Å². The number of nitrogens with one attached hydrogen (secondary N) is 1. The molecule has 1 aromatic heterocycles. The number of hydrogen-bond donors (Lipinski definition) is 1. The van der Waals surface area contributed by atoms with Crippen molar-refractivity contribution in [2.75, 3.05) is 52.3 Å². The Bertz CT molecular complexity index is 1030. The van der Waals surface area contributed by atoms with Crippen molar-refractivity contribution < 1.29 is 9.53 Å². The largest absolute Gasteiger partial charge is 0.382 e. The number of ether oxygens (including phenoxy) is 1. The minimum Gasteiger partial charge on any atom is -0.382 e. The van der Waals surface area contributed by atoms with Gasteiger partial charge in [0.2, 0.25) is 0 Å². The fourth-order valence-electron chi connectivity index (χ4n) is 4.29. The van der Waals surface area contributed by atoms with Crippen LogP contribution in [0.5, 0.6) is 0 Å². The number of aromatic nitrogens is 2. The topological polar surface area (TPSA) is 79.7 Å². The van der Waals surface area contributed by atoms with Crippen molar-refractivity contribution in [1.82, 2.24) is 19.0 Å². The van der Waals surface area contributed by atoms with Crippen LogP contribution >= 0.6 is 23.5 Å². The van der Waals surface area contributed by atoms with E-state index >= 15 is 0 Å². The Morgan fingerprint density at radius 2 is 1.97 bits per heavy atom. The second kappa shape index (κ2) is 11.6. The first kappa shape index (κ1) is 25.0. The van der Waals surface area contributed by atoms with Gasteiger partial charge in [0.05, 0.1) is 24.5 Å². The maximum atomic E-state index is 12.9. The van der Waals surface area contributed by atoms with E-state index in [-0.39, 0.29) is 22.5 Å². The van der Waals surface area contributed by atoms with Crippen molar-refractivity contribution in [2.24, 2.45) is 5.92 Å². The number of carbonyl (C=O) groups excluding carboxylic acids is 1. The normalized spacial score (nSPS) is 19.7. The quantitative estimate of drug-likeness (QED) is 0.573. The van der Waals surface area contributed by atoms with Crippen molar-refractivity contribution in [3.63, 3.8) is 0 Å². The Hall–Kier alpha value is -2.07. The van der Waals surface area contributed by atoms with E-state index in [0.717, 1.165) is 63.4 Å². The Morgan fingerprint density at radius 3 is 2.62 bits per heavy atom. The lowest BCUT2D eigenvalue weighted by Crippen LogP contribution is -2.36. The lowest BCUT2D eigenvalue weighted by atomic mass is 10.0. The Balaban J connectivity index is 1.30. The molecule has 0 saturated carbocycles. The number of rotatable bonds is 7. The van der Waals surface area contributed by atoms with E-state index in [0.29, 0.717) is 17.2 Å². The number of nitrogens with zero attached hydrogens (tertiary/aromatic N) is 4. The highest BCUT2D eigenvalue weighted by Crippen LogP contribution is 2.30. The third-order valence-electron chi connectivity index (χ3n) is 6.29. The fraction of sp³-hybridized carbons (Fsp3) is 0.542. The van der Waals surface area contributed by atoms with Crippen LogP contribution in [0.2, 0.25) is 5.02 Å². The summed E-state index contributed by atoms with van der Waals surface area (Å²) >= 11 is 8.09. The van der Waals surface area contributed by atoms with Crippen LogP contribution in [0.15, 0.2) is 40.2 Å². The summed E-state index contributed by atoms with van der Waals surface area (Å²) in [5.41, 5.74) is 1.04. The summed E-state index contributed by atoms with van der Waals surface area (Å²) in [4.78, 5) is 27.6. The van der Waals surface area contributed by atoms with Crippen LogP contribution in [-0.4, -0.2) is 71.8 Å². The number of carbonyl (C=O) groups is 1. The summed E-state index contributed by atoms with van der Waals surface area (Å²) in [6, 6.07) is 7.71. The summed E-state index contributed by atoms with van der Waals surface area (Å²) in [7, 11) is 3.50. The summed E-state index contributed by atoms with van der Waals surface area (Å²) in [5.74, 6) is 0.428. The molecule has 2 fully saturated rings. The maximum Gasteiger partial charge on any atom is 0.287 e. The average molecular weight is 506 g/mol. The highest BCUT2D eigenvalue weighted by atomic mass is 35.5. The molecule has 1 N–H and O–H groups in total. The molecule has 34 heavy (non-hydrogen) atoms. The second-order valence-corrected chi connectivity index (χ2v) is 10.6. The van der Waals surface area contributed by atoms with Gasteiger partial charge in [-0.15, -0.1) is 0 Å². The zero-order valence-corrected chi connectivity index (χ0v) is 21.3. The van der Waals surface area contributed by atoms with Crippen LogP contribution in [0.1, 0.15) is 42.1 Å². The first-order valence-corrected chi connectivity index (χ1v) is 12.9. The molecule has 1 aromatic carbocycles.